The molecule has 0 N–H and O–H groups in total. The summed E-state index contributed by atoms with van der Waals surface area (Å²) in [6.07, 6.45) is 6.64. The monoisotopic (exact) mass is 286 g/mol. The zero-order valence-corrected chi connectivity index (χ0v) is 12.5. The molecule has 2 aliphatic heterocycles. The third kappa shape index (κ3) is 2.34. The largest absolute Gasteiger partial charge is 0.370 e. The number of nitrogens with zero attached hydrogens (tertiary/aromatic N) is 4. The maximum absolute atomic E-state index is 6.00. The van der Waals surface area contributed by atoms with E-state index in [0.29, 0.717) is 6.04 Å². The van der Waals surface area contributed by atoms with Crippen LogP contribution in [0.3, 0.4) is 0 Å². The van der Waals surface area contributed by atoms with E-state index in [2.05, 4.69) is 27.6 Å². The van der Waals surface area contributed by atoms with Crippen LogP contribution < -0.4 is 0 Å². The highest BCUT2D eigenvalue weighted by atomic mass is 16.5. The van der Waals surface area contributed by atoms with Gasteiger partial charge in [0, 0.05) is 19.3 Å². The molecule has 2 aromatic heterocycles. The molecule has 0 spiro atoms. The van der Waals surface area contributed by atoms with Crippen molar-refractivity contribution in [1.29, 1.82) is 0 Å². The first-order valence-electron chi connectivity index (χ1n) is 7.96. The van der Waals surface area contributed by atoms with E-state index in [1.54, 1.807) is 0 Å². The smallest absolute Gasteiger partial charge is 0.160 e. The standard InChI is InChI=1S/C16H22N4O/c1-19-9-7-12(11-19)20-15-13(5-4-8-17-15)18-16(20)14-6-2-3-10-21-14/h4-5,8,12,14H,2-3,6-7,9-11H2,1H3. The van der Waals surface area contributed by atoms with E-state index in [0.717, 1.165) is 49.5 Å². The van der Waals surface area contributed by atoms with Crippen LogP contribution in [0.15, 0.2) is 18.3 Å². The van der Waals surface area contributed by atoms with Crippen LogP contribution >= 0.6 is 0 Å². The van der Waals surface area contributed by atoms with E-state index in [4.69, 9.17) is 9.72 Å². The minimum absolute atomic E-state index is 0.138. The number of imidazole rings is 1. The van der Waals surface area contributed by atoms with Gasteiger partial charge in [-0.15, -0.1) is 0 Å². The number of hydrogen-bond donors (Lipinski definition) is 0. The van der Waals surface area contributed by atoms with Crippen molar-refractivity contribution in [3.05, 3.63) is 24.2 Å². The lowest BCUT2D eigenvalue weighted by Crippen LogP contribution is -2.22. The molecule has 0 radical (unpaired) electrons. The summed E-state index contributed by atoms with van der Waals surface area (Å²) in [5.41, 5.74) is 2.01. The molecule has 2 unspecified atom stereocenters. The number of likely N-dealkylation sites (tertiary alicyclic amines) is 1. The lowest BCUT2D eigenvalue weighted by atomic mass is 10.1. The minimum Gasteiger partial charge on any atom is -0.370 e. The number of likely N-dealkylation sites (N-methyl/N-ethyl adjacent to an activating group) is 1. The molecule has 112 valence electrons. The molecular weight excluding hydrogens is 264 g/mol. The summed E-state index contributed by atoms with van der Waals surface area (Å²) in [6.45, 7) is 3.07. The Morgan fingerprint density at radius 3 is 3.00 bits per heavy atom. The summed E-state index contributed by atoms with van der Waals surface area (Å²) >= 11 is 0. The molecule has 2 atom stereocenters. The van der Waals surface area contributed by atoms with Gasteiger partial charge >= 0.3 is 0 Å². The SMILES string of the molecule is CN1CCC(n2c(C3CCCCO3)nc3cccnc32)C1. The fraction of sp³-hybridized carbons (Fsp3) is 0.625. The van der Waals surface area contributed by atoms with Crippen LogP contribution in [0, 0.1) is 0 Å². The summed E-state index contributed by atoms with van der Waals surface area (Å²) in [6, 6.07) is 4.49. The van der Waals surface area contributed by atoms with Crippen LogP contribution in [0.25, 0.3) is 11.2 Å². The second-order valence-corrected chi connectivity index (χ2v) is 6.25. The predicted octanol–water partition coefficient (Wildman–Crippen LogP) is 2.55. The Hall–Kier alpha value is -1.46. The summed E-state index contributed by atoms with van der Waals surface area (Å²) in [7, 11) is 2.18. The van der Waals surface area contributed by atoms with Gasteiger partial charge in [0.2, 0.25) is 0 Å². The second-order valence-electron chi connectivity index (χ2n) is 6.25. The van der Waals surface area contributed by atoms with Gasteiger partial charge in [0.1, 0.15) is 17.4 Å². The highest BCUT2D eigenvalue weighted by molar-refractivity contribution is 5.71. The first-order chi connectivity index (χ1) is 10.3. The zero-order valence-electron chi connectivity index (χ0n) is 12.5. The van der Waals surface area contributed by atoms with Crippen LogP contribution in [-0.2, 0) is 4.74 Å². The van der Waals surface area contributed by atoms with Crippen LogP contribution in [-0.4, -0.2) is 46.2 Å². The number of pyridine rings is 1. The number of fused-ring (bicyclic) bond motifs is 1. The molecule has 0 bridgehead atoms. The fourth-order valence-corrected chi connectivity index (χ4v) is 3.60. The summed E-state index contributed by atoms with van der Waals surface area (Å²) < 4.78 is 8.35. The van der Waals surface area contributed by atoms with E-state index in [1.165, 1.54) is 12.8 Å². The van der Waals surface area contributed by atoms with Crippen LogP contribution in [0.5, 0.6) is 0 Å². The van der Waals surface area contributed by atoms with Crippen LogP contribution in [0.4, 0.5) is 0 Å². The quantitative estimate of drug-likeness (QED) is 0.851. The van der Waals surface area contributed by atoms with Gasteiger partial charge in [-0.3, -0.25) is 0 Å². The van der Waals surface area contributed by atoms with Crippen molar-refractivity contribution >= 4 is 11.2 Å². The number of ether oxygens (including phenoxy) is 1. The third-order valence-corrected chi connectivity index (χ3v) is 4.68. The predicted molar refractivity (Wildman–Crippen MR) is 81.2 cm³/mol. The molecule has 4 heterocycles. The molecule has 0 aliphatic carbocycles. The first kappa shape index (κ1) is 13.2. The third-order valence-electron chi connectivity index (χ3n) is 4.68. The summed E-state index contributed by atoms with van der Waals surface area (Å²) in [5, 5.41) is 0. The maximum Gasteiger partial charge on any atom is 0.160 e. The Balaban J connectivity index is 1.80. The van der Waals surface area contributed by atoms with Crippen LogP contribution in [0.1, 0.15) is 43.7 Å². The fourth-order valence-electron chi connectivity index (χ4n) is 3.60. The maximum atomic E-state index is 6.00. The normalized spacial score (nSPS) is 27.5. The van der Waals surface area contributed by atoms with Crippen LogP contribution in [0.2, 0.25) is 0 Å². The molecule has 0 amide bonds. The van der Waals surface area contributed by atoms with Crippen molar-refractivity contribution in [3.63, 3.8) is 0 Å². The number of rotatable bonds is 2. The van der Waals surface area contributed by atoms with E-state index in [9.17, 15) is 0 Å². The molecule has 5 nitrogen and oxygen atoms in total. The lowest BCUT2D eigenvalue weighted by molar-refractivity contribution is 0.00688. The number of hydrogen-bond acceptors (Lipinski definition) is 4. The van der Waals surface area contributed by atoms with E-state index >= 15 is 0 Å². The van der Waals surface area contributed by atoms with E-state index in [1.807, 2.05) is 12.3 Å². The molecular formula is C16H22N4O. The Bertz CT molecular complexity index is 632. The van der Waals surface area contributed by atoms with E-state index < -0.39 is 0 Å². The topological polar surface area (TPSA) is 43.2 Å². The van der Waals surface area contributed by atoms with Gasteiger partial charge in [-0.1, -0.05) is 0 Å². The van der Waals surface area contributed by atoms with Crippen molar-refractivity contribution < 1.29 is 4.74 Å². The van der Waals surface area contributed by atoms with Gasteiger partial charge in [-0.05, 0) is 51.4 Å². The Labute approximate surface area is 124 Å². The van der Waals surface area contributed by atoms with Crippen molar-refractivity contribution in [3.8, 4) is 0 Å². The second kappa shape index (κ2) is 5.39. The molecule has 2 saturated heterocycles. The van der Waals surface area contributed by atoms with Gasteiger partial charge < -0.3 is 14.2 Å². The van der Waals surface area contributed by atoms with Gasteiger partial charge in [0.05, 0.1) is 6.04 Å². The Morgan fingerprint density at radius 1 is 1.29 bits per heavy atom. The van der Waals surface area contributed by atoms with Gasteiger partial charge in [-0.25, -0.2) is 9.97 Å². The molecule has 0 saturated carbocycles. The van der Waals surface area contributed by atoms with Gasteiger partial charge in [0.15, 0.2) is 5.65 Å². The first-order valence-corrected chi connectivity index (χ1v) is 7.96. The highest BCUT2D eigenvalue weighted by Crippen LogP contribution is 2.33. The van der Waals surface area contributed by atoms with E-state index in [-0.39, 0.29) is 6.10 Å². The zero-order chi connectivity index (χ0) is 14.2. The van der Waals surface area contributed by atoms with Crippen molar-refractivity contribution in [2.45, 2.75) is 37.8 Å². The average Bonchev–Trinajstić information content (AvgIpc) is 3.11. The highest BCUT2D eigenvalue weighted by Gasteiger charge is 2.30. The summed E-state index contributed by atoms with van der Waals surface area (Å²) in [4.78, 5) is 11.8. The van der Waals surface area contributed by atoms with Crippen molar-refractivity contribution in [2.24, 2.45) is 0 Å². The number of aromatic nitrogens is 3. The molecule has 2 fully saturated rings. The molecule has 2 aromatic rings. The minimum atomic E-state index is 0.138. The van der Waals surface area contributed by atoms with Crippen molar-refractivity contribution in [1.82, 2.24) is 19.4 Å². The van der Waals surface area contributed by atoms with Gasteiger partial charge in [0.25, 0.3) is 0 Å². The Kier molecular flexibility index (Phi) is 3.39. The lowest BCUT2D eigenvalue weighted by Gasteiger charge is -2.25. The average molecular weight is 286 g/mol. The van der Waals surface area contributed by atoms with Crippen molar-refractivity contribution in [2.75, 3.05) is 26.7 Å². The molecule has 21 heavy (non-hydrogen) atoms. The molecule has 2 aliphatic rings. The molecule has 4 rings (SSSR count). The molecule has 5 heteroatoms. The summed E-state index contributed by atoms with van der Waals surface area (Å²) in [5.74, 6) is 1.09. The molecule has 0 aromatic carbocycles. The Morgan fingerprint density at radius 2 is 2.24 bits per heavy atom. The van der Waals surface area contributed by atoms with Gasteiger partial charge in [-0.2, -0.15) is 0 Å².